The summed E-state index contributed by atoms with van der Waals surface area (Å²) >= 11 is 0. The van der Waals surface area contributed by atoms with Crippen LogP contribution in [0.15, 0.2) is 48.8 Å². The van der Waals surface area contributed by atoms with Crippen molar-refractivity contribution in [3.05, 3.63) is 60.1 Å². The van der Waals surface area contributed by atoms with Gasteiger partial charge in [0.25, 0.3) is 0 Å². The van der Waals surface area contributed by atoms with Crippen LogP contribution in [0.2, 0.25) is 0 Å². The van der Waals surface area contributed by atoms with Crippen molar-refractivity contribution in [2.24, 2.45) is 0 Å². The van der Waals surface area contributed by atoms with Crippen molar-refractivity contribution >= 4 is 6.08 Å². The van der Waals surface area contributed by atoms with Crippen LogP contribution >= 0.6 is 0 Å². The fourth-order valence-electron chi connectivity index (χ4n) is 1.41. The molecule has 2 rings (SSSR count). The Labute approximate surface area is 106 Å². The average molecular weight is 242 g/mol. The highest BCUT2D eigenvalue weighted by Gasteiger charge is 1.97. The Morgan fingerprint density at radius 3 is 2.78 bits per heavy atom. The van der Waals surface area contributed by atoms with Gasteiger partial charge in [0, 0.05) is 0 Å². The molecule has 1 aromatic heterocycles. The average Bonchev–Trinajstić information content (AvgIpc) is 2.45. The number of ether oxygens (including phenoxy) is 1. The number of aliphatic hydroxyl groups excluding tert-OH is 1. The lowest BCUT2D eigenvalue weighted by molar-refractivity contribution is 0.271. The fraction of sp³-hybridized carbons (Fsp3) is 0.143. The molecule has 0 radical (unpaired) electrons. The molecule has 1 aromatic carbocycles. The van der Waals surface area contributed by atoms with E-state index in [1.165, 1.54) is 12.4 Å². The third-order valence-corrected chi connectivity index (χ3v) is 2.26. The lowest BCUT2D eigenvalue weighted by atomic mass is 10.2. The molecule has 4 nitrogen and oxygen atoms in total. The molecule has 2 aromatic rings. The Balaban J connectivity index is 1.86. The van der Waals surface area contributed by atoms with E-state index >= 15 is 0 Å². The number of benzene rings is 1. The molecule has 0 saturated heterocycles. The van der Waals surface area contributed by atoms with Crippen LogP contribution in [-0.2, 0) is 6.61 Å². The van der Waals surface area contributed by atoms with Gasteiger partial charge in [-0.05, 0) is 11.6 Å². The minimum Gasteiger partial charge on any atom is -0.472 e. The van der Waals surface area contributed by atoms with Crippen LogP contribution in [-0.4, -0.2) is 21.7 Å². The topological polar surface area (TPSA) is 55.2 Å². The zero-order valence-electron chi connectivity index (χ0n) is 9.86. The summed E-state index contributed by atoms with van der Waals surface area (Å²) in [5.74, 6) is 0.416. The van der Waals surface area contributed by atoms with Crippen molar-refractivity contribution in [1.82, 2.24) is 9.97 Å². The molecule has 0 spiro atoms. The van der Waals surface area contributed by atoms with Crippen LogP contribution in [0.25, 0.3) is 6.08 Å². The van der Waals surface area contributed by atoms with Crippen molar-refractivity contribution in [2.75, 3.05) is 6.61 Å². The highest BCUT2D eigenvalue weighted by Crippen LogP contribution is 2.06. The molecule has 0 fully saturated rings. The Kier molecular flexibility index (Phi) is 4.44. The summed E-state index contributed by atoms with van der Waals surface area (Å²) in [6.07, 6.45) is 6.91. The van der Waals surface area contributed by atoms with Crippen LogP contribution in [0.5, 0.6) is 5.88 Å². The van der Waals surface area contributed by atoms with Crippen molar-refractivity contribution in [3.8, 4) is 5.88 Å². The maximum atomic E-state index is 8.91. The largest absolute Gasteiger partial charge is 0.472 e. The molecule has 4 heteroatoms. The summed E-state index contributed by atoms with van der Waals surface area (Å²) in [6.45, 7) is 0.280. The van der Waals surface area contributed by atoms with E-state index in [0.29, 0.717) is 18.2 Å². The summed E-state index contributed by atoms with van der Waals surface area (Å²) in [7, 11) is 0. The number of aliphatic hydroxyl groups is 1. The second-order valence-electron chi connectivity index (χ2n) is 3.63. The maximum Gasteiger partial charge on any atom is 0.232 e. The SMILES string of the molecule is OCc1cncc(OCC=Cc2ccccc2)n1. The van der Waals surface area contributed by atoms with Crippen molar-refractivity contribution in [3.63, 3.8) is 0 Å². The van der Waals surface area contributed by atoms with Gasteiger partial charge in [-0.25, -0.2) is 4.98 Å². The van der Waals surface area contributed by atoms with Crippen LogP contribution in [0.3, 0.4) is 0 Å². The van der Waals surface area contributed by atoms with E-state index < -0.39 is 0 Å². The second-order valence-corrected chi connectivity index (χ2v) is 3.63. The third-order valence-electron chi connectivity index (χ3n) is 2.26. The highest BCUT2D eigenvalue weighted by atomic mass is 16.5. The quantitative estimate of drug-likeness (QED) is 0.872. The van der Waals surface area contributed by atoms with Gasteiger partial charge in [-0.3, -0.25) is 4.98 Å². The van der Waals surface area contributed by atoms with E-state index in [1.54, 1.807) is 0 Å². The van der Waals surface area contributed by atoms with E-state index in [-0.39, 0.29) is 6.61 Å². The summed E-state index contributed by atoms with van der Waals surface area (Å²) in [5, 5.41) is 8.91. The molecule has 0 aliphatic carbocycles. The van der Waals surface area contributed by atoms with Crippen LogP contribution in [0.1, 0.15) is 11.3 Å². The second kappa shape index (κ2) is 6.51. The summed E-state index contributed by atoms with van der Waals surface area (Å²) in [4.78, 5) is 7.99. The van der Waals surface area contributed by atoms with E-state index in [9.17, 15) is 0 Å². The van der Waals surface area contributed by atoms with Crippen molar-refractivity contribution in [2.45, 2.75) is 6.61 Å². The summed E-state index contributed by atoms with van der Waals surface area (Å²) < 4.78 is 5.40. The monoisotopic (exact) mass is 242 g/mol. The van der Waals surface area contributed by atoms with E-state index in [4.69, 9.17) is 9.84 Å². The minimum atomic E-state index is -0.135. The van der Waals surface area contributed by atoms with Gasteiger partial charge in [0.1, 0.15) is 6.61 Å². The standard InChI is InChI=1S/C14H14N2O2/c17-11-13-9-15-10-14(16-13)18-8-4-7-12-5-2-1-3-6-12/h1-7,9-10,17H,8,11H2. The molecule has 0 atom stereocenters. The van der Waals surface area contributed by atoms with Gasteiger partial charge in [0.15, 0.2) is 0 Å². The lowest BCUT2D eigenvalue weighted by Crippen LogP contribution is -1.99. The Morgan fingerprint density at radius 2 is 2.00 bits per heavy atom. The molecule has 0 saturated carbocycles. The van der Waals surface area contributed by atoms with Crippen LogP contribution in [0.4, 0.5) is 0 Å². The molecule has 18 heavy (non-hydrogen) atoms. The summed E-state index contributed by atoms with van der Waals surface area (Å²) in [6, 6.07) is 9.97. The Bertz CT molecular complexity index is 512. The van der Waals surface area contributed by atoms with Gasteiger partial charge in [0.2, 0.25) is 5.88 Å². The molecule has 0 bridgehead atoms. The molecule has 0 aliphatic rings. The first-order chi connectivity index (χ1) is 8.88. The zero-order chi connectivity index (χ0) is 12.6. The Hall–Kier alpha value is -2.20. The molecular formula is C14H14N2O2. The van der Waals surface area contributed by atoms with E-state index in [0.717, 1.165) is 5.56 Å². The molecular weight excluding hydrogens is 228 g/mol. The van der Waals surface area contributed by atoms with Gasteiger partial charge in [-0.15, -0.1) is 0 Å². The number of hydrogen-bond donors (Lipinski definition) is 1. The van der Waals surface area contributed by atoms with Gasteiger partial charge in [-0.2, -0.15) is 0 Å². The van der Waals surface area contributed by atoms with Crippen molar-refractivity contribution in [1.29, 1.82) is 0 Å². The van der Waals surface area contributed by atoms with Crippen LogP contribution < -0.4 is 4.74 Å². The smallest absolute Gasteiger partial charge is 0.232 e. The molecule has 0 unspecified atom stereocenters. The first-order valence-electron chi connectivity index (χ1n) is 5.64. The predicted octanol–water partition coefficient (Wildman–Crippen LogP) is 2.06. The molecule has 92 valence electrons. The molecule has 1 N–H and O–H groups in total. The van der Waals surface area contributed by atoms with Gasteiger partial charge < -0.3 is 9.84 Å². The van der Waals surface area contributed by atoms with Gasteiger partial charge >= 0.3 is 0 Å². The number of hydrogen-bond acceptors (Lipinski definition) is 4. The number of aromatic nitrogens is 2. The first-order valence-corrected chi connectivity index (χ1v) is 5.64. The van der Waals surface area contributed by atoms with Gasteiger partial charge in [-0.1, -0.05) is 36.4 Å². The normalized spacial score (nSPS) is 10.7. The van der Waals surface area contributed by atoms with E-state index in [2.05, 4.69) is 9.97 Å². The van der Waals surface area contributed by atoms with Crippen LogP contribution in [0, 0.1) is 0 Å². The third kappa shape index (κ3) is 3.68. The molecule has 1 heterocycles. The molecule has 0 aliphatic heterocycles. The van der Waals surface area contributed by atoms with Gasteiger partial charge in [0.05, 0.1) is 24.7 Å². The Morgan fingerprint density at radius 1 is 1.17 bits per heavy atom. The van der Waals surface area contributed by atoms with Crippen molar-refractivity contribution < 1.29 is 9.84 Å². The predicted molar refractivity (Wildman–Crippen MR) is 68.9 cm³/mol. The number of nitrogens with zero attached hydrogens (tertiary/aromatic N) is 2. The zero-order valence-corrected chi connectivity index (χ0v) is 9.86. The summed E-state index contributed by atoms with van der Waals surface area (Å²) in [5.41, 5.74) is 1.62. The lowest BCUT2D eigenvalue weighted by Gasteiger charge is -2.02. The molecule has 0 amide bonds. The maximum absolute atomic E-state index is 8.91. The fourth-order valence-corrected chi connectivity index (χ4v) is 1.41. The van der Waals surface area contributed by atoms with E-state index in [1.807, 2.05) is 42.5 Å². The minimum absolute atomic E-state index is 0.135. The highest BCUT2D eigenvalue weighted by molar-refractivity contribution is 5.48. The first kappa shape index (κ1) is 12.3. The number of rotatable bonds is 5.